The van der Waals surface area contributed by atoms with Gasteiger partial charge in [-0.25, -0.2) is 0 Å². The molecule has 0 spiro atoms. The van der Waals surface area contributed by atoms with Gasteiger partial charge in [0.15, 0.2) is 0 Å². The smallest absolute Gasteiger partial charge is 0.0314 e. The third-order valence-corrected chi connectivity index (χ3v) is 6.26. The van der Waals surface area contributed by atoms with E-state index >= 15 is 0 Å². The lowest BCUT2D eigenvalue weighted by Gasteiger charge is -2.27. The standard InChI is InChI=1S/C14H22BrNS/c1-3-14(6-4-5-7-14)10-16-9-12-8-13(15)11(2)17-12/h8,16H,3-7,9-10H2,1-2H3. The molecule has 96 valence electrons. The highest BCUT2D eigenvalue weighted by Crippen LogP contribution is 2.40. The summed E-state index contributed by atoms with van der Waals surface area (Å²) in [5.41, 5.74) is 0.601. The Balaban J connectivity index is 1.82. The SMILES string of the molecule is CCC1(CNCc2cc(Br)c(C)s2)CCCC1. The van der Waals surface area contributed by atoms with Gasteiger partial charge in [0.25, 0.3) is 0 Å². The maximum absolute atomic E-state index is 3.67. The predicted molar refractivity (Wildman–Crippen MR) is 79.7 cm³/mol. The average molecular weight is 316 g/mol. The van der Waals surface area contributed by atoms with Gasteiger partial charge in [-0.05, 0) is 53.6 Å². The van der Waals surface area contributed by atoms with Crippen molar-refractivity contribution in [2.45, 2.75) is 52.5 Å². The molecule has 0 amide bonds. The van der Waals surface area contributed by atoms with Crippen molar-refractivity contribution in [2.24, 2.45) is 5.41 Å². The Morgan fingerprint density at radius 2 is 2.12 bits per heavy atom. The molecule has 0 bridgehead atoms. The Hall–Kier alpha value is 0.140. The van der Waals surface area contributed by atoms with Crippen molar-refractivity contribution in [3.63, 3.8) is 0 Å². The number of hydrogen-bond acceptors (Lipinski definition) is 2. The van der Waals surface area contributed by atoms with Gasteiger partial charge in [-0.1, -0.05) is 19.8 Å². The van der Waals surface area contributed by atoms with Crippen LogP contribution in [0.1, 0.15) is 48.8 Å². The van der Waals surface area contributed by atoms with Gasteiger partial charge in [0, 0.05) is 27.3 Å². The molecule has 0 atom stereocenters. The van der Waals surface area contributed by atoms with Crippen molar-refractivity contribution in [1.82, 2.24) is 5.32 Å². The number of thiophene rings is 1. The minimum absolute atomic E-state index is 0.601. The molecule has 1 fully saturated rings. The van der Waals surface area contributed by atoms with Crippen LogP contribution in [0.5, 0.6) is 0 Å². The first kappa shape index (κ1) is 13.6. The quantitative estimate of drug-likeness (QED) is 0.816. The van der Waals surface area contributed by atoms with Crippen LogP contribution in [0, 0.1) is 12.3 Å². The molecule has 0 aliphatic heterocycles. The van der Waals surface area contributed by atoms with Crippen molar-refractivity contribution in [2.75, 3.05) is 6.54 Å². The molecule has 1 aliphatic carbocycles. The molecule has 0 unspecified atom stereocenters. The van der Waals surface area contributed by atoms with Crippen LogP contribution in [0.25, 0.3) is 0 Å². The van der Waals surface area contributed by atoms with Crippen LogP contribution in [0.3, 0.4) is 0 Å². The Labute approximate surface area is 117 Å². The number of hydrogen-bond donors (Lipinski definition) is 1. The van der Waals surface area contributed by atoms with E-state index in [2.05, 4.69) is 41.2 Å². The monoisotopic (exact) mass is 315 g/mol. The van der Waals surface area contributed by atoms with Gasteiger partial charge in [0.1, 0.15) is 0 Å². The lowest BCUT2D eigenvalue weighted by molar-refractivity contribution is 0.268. The lowest BCUT2D eigenvalue weighted by atomic mass is 9.83. The van der Waals surface area contributed by atoms with Crippen molar-refractivity contribution < 1.29 is 0 Å². The first-order valence-electron chi connectivity index (χ1n) is 6.61. The van der Waals surface area contributed by atoms with Crippen molar-refractivity contribution in [3.8, 4) is 0 Å². The fourth-order valence-corrected chi connectivity index (χ4v) is 4.41. The van der Waals surface area contributed by atoms with Crippen molar-refractivity contribution >= 4 is 27.3 Å². The van der Waals surface area contributed by atoms with Gasteiger partial charge >= 0.3 is 0 Å². The summed E-state index contributed by atoms with van der Waals surface area (Å²) in [6, 6.07) is 2.25. The zero-order valence-corrected chi connectivity index (χ0v) is 13.2. The second-order valence-corrected chi connectivity index (χ2v) is 7.48. The largest absolute Gasteiger partial charge is 0.311 e. The number of halogens is 1. The fraction of sp³-hybridized carbons (Fsp3) is 0.714. The molecular weight excluding hydrogens is 294 g/mol. The van der Waals surface area contributed by atoms with Crippen LogP contribution < -0.4 is 5.32 Å². The van der Waals surface area contributed by atoms with E-state index in [0.29, 0.717) is 5.41 Å². The van der Waals surface area contributed by atoms with Gasteiger partial charge in [0.05, 0.1) is 0 Å². The number of nitrogens with one attached hydrogen (secondary N) is 1. The summed E-state index contributed by atoms with van der Waals surface area (Å²) in [5.74, 6) is 0. The Bertz CT molecular complexity index is 347. The lowest BCUT2D eigenvalue weighted by Crippen LogP contribution is -2.31. The third kappa shape index (κ3) is 3.33. The number of rotatable bonds is 5. The summed E-state index contributed by atoms with van der Waals surface area (Å²) in [7, 11) is 0. The molecule has 1 aliphatic rings. The van der Waals surface area contributed by atoms with E-state index in [1.165, 1.54) is 52.9 Å². The summed E-state index contributed by atoms with van der Waals surface area (Å²) in [6.07, 6.45) is 7.03. The molecule has 2 rings (SSSR count). The highest BCUT2D eigenvalue weighted by molar-refractivity contribution is 9.10. The first-order valence-corrected chi connectivity index (χ1v) is 8.22. The number of aryl methyl sites for hydroxylation is 1. The maximum atomic E-state index is 3.67. The molecule has 0 saturated heterocycles. The van der Waals surface area contributed by atoms with Crippen LogP contribution in [0.2, 0.25) is 0 Å². The van der Waals surface area contributed by atoms with Crippen LogP contribution >= 0.6 is 27.3 Å². The molecular formula is C14H22BrNS. The van der Waals surface area contributed by atoms with E-state index < -0.39 is 0 Å². The normalized spacial score (nSPS) is 18.8. The molecule has 3 heteroatoms. The van der Waals surface area contributed by atoms with E-state index in [9.17, 15) is 0 Å². The zero-order valence-electron chi connectivity index (χ0n) is 10.8. The van der Waals surface area contributed by atoms with Gasteiger partial charge in [0.2, 0.25) is 0 Å². The van der Waals surface area contributed by atoms with Crippen LogP contribution in [0.4, 0.5) is 0 Å². The minimum Gasteiger partial charge on any atom is -0.311 e. The minimum atomic E-state index is 0.601. The van der Waals surface area contributed by atoms with E-state index in [1.54, 1.807) is 0 Å². The van der Waals surface area contributed by atoms with Gasteiger partial charge in [-0.3, -0.25) is 0 Å². The first-order chi connectivity index (χ1) is 8.15. The molecule has 1 N–H and O–H groups in total. The molecule has 0 aromatic carbocycles. The third-order valence-electron chi connectivity index (χ3n) is 4.12. The summed E-state index contributed by atoms with van der Waals surface area (Å²) in [5, 5.41) is 3.67. The average Bonchev–Trinajstić information content (AvgIpc) is 2.89. The van der Waals surface area contributed by atoms with E-state index in [1.807, 2.05) is 11.3 Å². The Kier molecular flexibility index (Phi) is 4.67. The van der Waals surface area contributed by atoms with Crippen LogP contribution in [0.15, 0.2) is 10.5 Å². The summed E-state index contributed by atoms with van der Waals surface area (Å²) in [6.45, 7) is 6.73. The second-order valence-electron chi connectivity index (χ2n) is 5.28. The summed E-state index contributed by atoms with van der Waals surface area (Å²) < 4.78 is 1.25. The Morgan fingerprint density at radius 1 is 1.41 bits per heavy atom. The Morgan fingerprint density at radius 3 is 2.65 bits per heavy atom. The molecule has 17 heavy (non-hydrogen) atoms. The summed E-state index contributed by atoms with van der Waals surface area (Å²) in [4.78, 5) is 2.83. The molecule has 1 nitrogen and oxygen atoms in total. The van der Waals surface area contributed by atoms with Gasteiger partial charge < -0.3 is 5.32 Å². The zero-order chi connectivity index (χ0) is 12.3. The van der Waals surface area contributed by atoms with Crippen LogP contribution in [-0.4, -0.2) is 6.54 Å². The topological polar surface area (TPSA) is 12.0 Å². The predicted octanol–water partition coefficient (Wildman–Crippen LogP) is 4.88. The molecule has 0 radical (unpaired) electrons. The van der Waals surface area contributed by atoms with Crippen molar-refractivity contribution in [1.29, 1.82) is 0 Å². The molecule has 1 heterocycles. The van der Waals surface area contributed by atoms with Gasteiger partial charge in [-0.15, -0.1) is 11.3 Å². The van der Waals surface area contributed by atoms with E-state index in [4.69, 9.17) is 0 Å². The van der Waals surface area contributed by atoms with Crippen LogP contribution in [-0.2, 0) is 6.54 Å². The summed E-state index contributed by atoms with van der Waals surface area (Å²) >= 11 is 5.48. The van der Waals surface area contributed by atoms with E-state index in [0.717, 1.165) is 6.54 Å². The van der Waals surface area contributed by atoms with Gasteiger partial charge in [-0.2, -0.15) is 0 Å². The molecule has 1 saturated carbocycles. The maximum Gasteiger partial charge on any atom is 0.0314 e. The van der Waals surface area contributed by atoms with Crippen molar-refractivity contribution in [3.05, 3.63) is 20.3 Å². The molecule has 1 aromatic heterocycles. The highest BCUT2D eigenvalue weighted by atomic mass is 79.9. The van der Waals surface area contributed by atoms with E-state index in [-0.39, 0.29) is 0 Å². The second kappa shape index (κ2) is 5.85. The molecule has 1 aromatic rings. The fourth-order valence-electron chi connectivity index (χ4n) is 2.84. The highest BCUT2D eigenvalue weighted by Gasteiger charge is 2.31.